The number of hydrogen-bond acceptors (Lipinski definition) is 0. The summed E-state index contributed by atoms with van der Waals surface area (Å²) in [6.45, 7) is 0.143. The van der Waals surface area contributed by atoms with Crippen molar-refractivity contribution < 1.29 is 83.4 Å². The van der Waals surface area contributed by atoms with E-state index >= 15 is 35.1 Å². The molecule has 0 saturated heterocycles. The van der Waals surface area contributed by atoms with Gasteiger partial charge in [-0.2, -0.15) is 0 Å². The Bertz CT molecular complexity index is 1570. The molecule has 0 heterocycles. The van der Waals surface area contributed by atoms with Crippen molar-refractivity contribution in [2.45, 2.75) is 6.92 Å². The minimum absolute atomic E-state index is 0.143. The van der Waals surface area contributed by atoms with Crippen LogP contribution < -0.4 is 21.9 Å². The zero-order chi connectivity index (χ0) is 34.4. The lowest BCUT2D eigenvalue weighted by Gasteiger charge is -2.45. The minimum Gasteiger partial charge on any atom is -0.207 e. The Morgan fingerprint density at radius 3 is 0.533 bits per heavy atom. The molecular formula is C25H3BF19-. The molecule has 0 radical (unpaired) electrons. The fourth-order valence-electron chi connectivity index (χ4n) is 5.01. The average molecular weight is 675 g/mol. The molecule has 0 aliphatic heterocycles. The molecule has 0 aliphatic rings. The van der Waals surface area contributed by atoms with Crippen molar-refractivity contribution in [2.75, 3.05) is 0 Å². The third-order valence-corrected chi connectivity index (χ3v) is 6.98. The summed E-state index contributed by atoms with van der Waals surface area (Å²) < 4.78 is 282. The Balaban J connectivity index is 2.69. The van der Waals surface area contributed by atoms with Crippen molar-refractivity contribution in [1.82, 2.24) is 0 Å². The first-order valence-corrected chi connectivity index (χ1v) is 11.2. The summed E-state index contributed by atoms with van der Waals surface area (Å²) in [6.07, 6.45) is -7.05. The zero-order valence-corrected chi connectivity index (χ0v) is 20.8. The maximum atomic E-state index is 15.6. The summed E-state index contributed by atoms with van der Waals surface area (Å²) in [4.78, 5) is 0. The van der Waals surface area contributed by atoms with Crippen molar-refractivity contribution in [2.24, 2.45) is 0 Å². The van der Waals surface area contributed by atoms with Gasteiger partial charge in [-0.3, -0.25) is 0 Å². The topological polar surface area (TPSA) is 0 Å². The van der Waals surface area contributed by atoms with Crippen LogP contribution in [-0.4, -0.2) is 6.15 Å². The van der Waals surface area contributed by atoms with Gasteiger partial charge in [-0.15, -0.1) is 21.9 Å². The minimum atomic E-state index is -7.05. The van der Waals surface area contributed by atoms with Crippen molar-refractivity contribution in [3.63, 3.8) is 0 Å². The van der Waals surface area contributed by atoms with Gasteiger partial charge < -0.3 is 0 Å². The van der Waals surface area contributed by atoms with Gasteiger partial charge in [0.05, 0.1) is 0 Å². The van der Waals surface area contributed by atoms with E-state index in [-0.39, 0.29) is 6.92 Å². The van der Waals surface area contributed by atoms with Gasteiger partial charge in [-0.25, -0.2) is 83.4 Å². The highest BCUT2D eigenvalue weighted by Gasteiger charge is 2.52. The van der Waals surface area contributed by atoms with Gasteiger partial charge in [0.1, 0.15) is 52.7 Å². The smallest absolute Gasteiger partial charge is 0.200 e. The van der Waals surface area contributed by atoms with Gasteiger partial charge in [-0.05, 0) is 6.92 Å². The summed E-state index contributed by atoms with van der Waals surface area (Å²) in [7, 11) is 0. The molecule has 4 rings (SSSR count). The van der Waals surface area contributed by atoms with Crippen molar-refractivity contribution in [3.05, 3.63) is 116 Å². The van der Waals surface area contributed by atoms with Crippen molar-refractivity contribution >= 4 is 28.0 Å². The van der Waals surface area contributed by atoms with Crippen LogP contribution in [0.5, 0.6) is 0 Å². The van der Waals surface area contributed by atoms with Gasteiger partial charge in [-0.1, -0.05) is 0 Å². The lowest BCUT2D eigenvalue weighted by atomic mass is 9.12. The van der Waals surface area contributed by atoms with Crippen LogP contribution in [0.4, 0.5) is 83.4 Å². The van der Waals surface area contributed by atoms with E-state index < -0.39 is 144 Å². The van der Waals surface area contributed by atoms with Gasteiger partial charge in [0.2, 0.25) is 0 Å². The van der Waals surface area contributed by atoms with Crippen LogP contribution in [0.2, 0.25) is 0 Å². The van der Waals surface area contributed by atoms with Gasteiger partial charge >= 0.3 is 0 Å². The zero-order valence-electron chi connectivity index (χ0n) is 20.8. The van der Waals surface area contributed by atoms with E-state index in [2.05, 4.69) is 0 Å². The number of benzene rings is 4. The predicted octanol–water partition coefficient (Wildman–Crippen LogP) is 6.02. The second kappa shape index (κ2) is 10.9. The van der Waals surface area contributed by atoms with Crippen molar-refractivity contribution in [3.8, 4) is 0 Å². The average Bonchev–Trinajstić information content (AvgIpc) is 3.00. The van der Waals surface area contributed by atoms with E-state index in [1.165, 1.54) is 0 Å². The van der Waals surface area contributed by atoms with Crippen LogP contribution in [0.25, 0.3) is 0 Å². The van der Waals surface area contributed by atoms with Crippen LogP contribution >= 0.6 is 0 Å². The Morgan fingerprint density at radius 2 is 0.356 bits per heavy atom. The van der Waals surface area contributed by atoms with Crippen LogP contribution in [0.1, 0.15) is 5.56 Å². The van der Waals surface area contributed by atoms with E-state index in [0.717, 1.165) is 0 Å². The van der Waals surface area contributed by atoms with Crippen LogP contribution in [0, 0.1) is 117 Å². The lowest BCUT2D eigenvalue weighted by Crippen LogP contribution is -2.81. The van der Waals surface area contributed by atoms with E-state index in [4.69, 9.17) is 0 Å². The molecule has 240 valence electrons. The molecule has 20 heteroatoms. The molecule has 0 bridgehead atoms. The summed E-state index contributed by atoms with van der Waals surface area (Å²) in [5.74, 6) is -64.8. The van der Waals surface area contributed by atoms with Gasteiger partial charge in [0.25, 0.3) is 0 Å². The molecular weight excluding hydrogens is 672 g/mol. The highest BCUT2D eigenvalue weighted by molar-refractivity contribution is 7.20. The molecule has 0 aromatic heterocycles. The van der Waals surface area contributed by atoms with E-state index in [1.54, 1.807) is 0 Å². The molecule has 0 atom stereocenters. The SMILES string of the molecule is Cc1c(F)c(F)c([B-](c2c(F)c(F)c(F)c(F)c2F)(c2c(F)c(F)c(F)c(F)c2F)c2c(F)c(F)c(F)c(F)c2F)c(F)c1F. The van der Waals surface area contributed by atoms with Crippen LogP contribution in [0.15, 0.2) is 0 Å². The lowest BCUT2D eigenvalue weighted by molar-refractivity contribution is 0.379. The highest BCUT2D eigenvalue weighted by atomic mass is 19.2. The maximum absolute atomic E-state index is 15.6. The number of hydrogen-bond donors (Lipinski definition) is 0. The molecule has 45 heavy (non-hydrogen) atoms. The second-order valence-electron chi connectivity index (χ2n) is 9.11. The predicted molar refractivity (Wildman–Crippen MR) is 114 cm³/mol. The first-order valence-electron chi connectivity index (χ1n) is 11.2. The fourth-order valence-corrected chi connectivity index (χ4v) is 5.01. The standard InChI is InChI=1S/C25H3BF19/c1-2-7(27)9(29)3(10(30)8(2)28)26(4-11(31)17(37)23(43)18(38)12(4)32,5-13(33)19(39)24(44)20(40)14(5)34)6-15(35)21(41)25(45)22(42)16(6)36/h1H3/q-1. The Hall–Kier alpha value is -4.39. The molecule has 4 aromatic rings. The van der Waals surface area contributed by atoms with E-state index in [1.807, 2.05) is 0 Å². The first-order chi connectivity index (χ1) is 20.7. The summed E-state index contributed by atoms with van der Waals surface area (Å²) in [6, 6.07) is 0. The maximum Gasteiger partial charge on any atom is 0.200 e. The molecule has 0 amide bonds. The van der Waals surface area contributed by atoms with E-state index in [9.17, 15) is 48.3 Å². The molecule has 0 nitrogen and oxygen atoms in total. The Labute approximate surface area is 235 Å². The number of rotatable bonds is 4. The molecule has 0 aliphatic carbocycles. The first kappa shape index (κ1) is 33.5. The monoisotopic (exact) mass is 675 g/mol. The van der Waals surface area contributed by atoms with Gasteiger partial charge in [0.15, 0.2) is 64.0 Å². The molecule has 0 saturated carbocycles. The molecule has 4 aromatic carbocycles. The largest absolute Gasteiger partial charge is 0.207 e. The van der Waals surface area contributed by atoms with Gasteiger partial charge in [0, 0.05) is 5.56 Å². The fraction of sp³-hybridized carbons (Fsp3) is 0.0400. The Morgan fingerprint density at radius 1 is 0.222 bits per heavy atom. The summed E-state index contributed by atoms with van der Waals surface area (Å²) in [5, 5.41) is 0. The third kappa shape index (κ3) is 4.19. The summed E-state index contributed by atoms with van der Waals surface area (Å²) in [5.41, 5.74) is -15.6. The van der Waals surface area contributed by atoms with Crippen LogP contribution in [-0.2, 0) is 0 Å². The van der Waals surface area contributed by atoms with Crippen LogP contribution in [0.3, 0.4) is 0 Å². The number of halogens is 19. The van der Waals surface area contributed by atoms with Crippen molar-refractivity contribution in [1.29, 1.82) is 0 Å². The molecule has 0 fully saturated rings. The molecule has 0 spiro atoms. The highest BCUT2D eigenvalue weighted by Crippen LogP contribution is 2.30. The third-order valence-electron chi connectivity index (χ3n) is 6.98. The molecule has 0 N–H and O–H groups in total. The quantitative estimate of drug-likeness (QED) is 0.108. The second-order valence-corrected chi connectivity index (χ2v) is 9.11. The summed E-state index contributed by atoms with van der Waals surface area (Å²) >= 11 is 0. The van der Waals surface area contributed by atoms with E-state index in [0.29, 0.717) is 0 Å². The normalized spacial score (nSPS) is 12.0. The molecule has 0 unspecified atom stereocenters. The Kier molecular flexibility index (Phi) is 8.12.